The van der Waals surface area contributed by atoms with E-state index < -0.39 is 0 Å². The van der Waals surface area contributed by atoms with Gasteiger partial charge in [0.05, 0.1) is 6.61 Å². The quantitative estimate of drug-likeness (QED) is 0.631. The minimum atomic E-state index is -0.216. The fourth-order valence-electron chi connectivity index (χ4n) is 1.59. The molecule has 5 nitrogen and oxygen atoms in total. The van der Waals surface area contributed by atoms with Crippen LogP contribution in [-0.4, -0.2) is 29.3 Å². The second kappa shape index (κ2) is 8.28. The summed E-state index contributed by atoms with van der Waals surface area (Å²) in [6.45, 7) is 3.25. The number of benzene rings is 1. The summed E-state index contributed by atoms with van der Waals surface area (Å²) in [4.78, 5) is 11.8. The molecule has 21 heavy (non-hydrogen) atoms. The Morgan fingerprint density at radius 3 is 2.90 bits per heavy atom. The van der Waals surface area contributed by atoms with Gasteiger partial charge in [0, 0.05) is 19.1 Å². The average molecular weight is 303 g/mol. The fourth-order valence-corrected chi connectivity index (χ4v) is 2.32. The van der Waals surface area contributed by atoms with Gasteiger partial charge in [0.15, 0.2) is 0 Å². The molecule has 1 aromatic carbocycles. The predicted octanol–water partition coefficient (Wildman–Crippen LogP) is 2.77. The largest absolute Gasteiger partial charge is 0.381 e. The molecule has 0 aliphatic heterocycles. The van der Waals surface area contributed by atoms with E-state index in [1.165, 1.54) is 17.4 Å². The van der Waals surface area contributed by atoms with E-state index in [-0.39, 0.29) is 5.91 Å². The molecule has 0 radical (unpaired) electrons. The lowest BCUT2D eigenvalue weighted by molar-refractivity contribution is -0.111. The van der Waals surface area contributed by atoms with Gasteiger partial charge in [-0.25, -0.2) is 0 Å². The van der Waals surface area contributed by atoms with E-state index in [0.29, 0.717) is 24.8 Å². The fraction of sp³-hybridized carbons (Fsp3) is 0.267. The molecule has 6 heteroatoms. The number of amides is 1. The highest BCUT2D eigenvalue weighted by molar-refractivity contribution is 7.15. The van der Waals surface area contributed by atoms with Crippen LogP contribution in [0.5, 0.6) is 0 Å². The van der Waals surface area contributed by atoms with Crippen molar-refractivity contribution in [2.75, 3.05) is 18.5 Å². The molecular weight excluding hydrogens is 286 g/mol. The van der Waals surface area contributed by atoms with Crippen molar-refractivity contribution in [1.82, 2.24) is 10.2 Å². The normalized spacial score (nSPS) is 10.9. The summed E-state index contributed by atoms with van der Waals surface area (Å²) in [5, 5.41) is 12.0. The molecule has 0 aliphatic carbocycles. The Hall–Kier alpha value is -2.05. The predicted molar refractivity (Wildman–Crippen MR) is 84.2 cm³/mol. The lowest BCUT2D eigenvalue weighted by Crippen LogP contribution is -2.07. The zero-order chi connectivity index (χ0) is 14.9. The molecule has 1 amide bonds. The van der Waals surface area contributed by atoms with Crippen LogP contribution < -0.4 is 5.32 Å². The molecule has 0 bridgehead atoms. The maximum Gasteiger partial charge on any atom is 0.250 e. The minimum absolute atomic E-state index is 0.216. The van der Waals surface area contributed by atoms with Crippen molar-refractivity contribution in [2.45, 2.75) is 13.3 Å². The summed E-state index contributed by atoms with van der Waals surface area (Å²) in [6, 6.07) is 9.64. The number of ether oxygens (including phenoxy) is 1. The smallest absolute Gasteiger partial charge is 0.250 e. The number of nitrogens with one attached hydrogen (secondary N) is 1. The van der Waals surface area contributed by atoms with Crippen LogP contribution in [0.1, 0.15) is 17.5 Å². The molecule has 0 saturated carbocycles. The number of carbonyl (C=O) groups excluding carboxylic acids is 1. The van der Waals surface area contributed by atoms with Gasteiger partial charge in [-0.3, -0.25) is 10.1 Å². The van der Waals surface area contributed by atoms with E-state index in [2.05, 4.69) is 15.5 Å². The number of carbonyl (C=O) groups is 1. The molecule has 2 aromatic rings. The van der Waals surface area contributed by atoms with Gasteiger partial charge in [0.1, 0.15) is 5.01 Å². The zero-order valence-electron chi connectivity index (χ0n) is 11.8. The summed E-state index contributed by atoms with van der Waals surface area (Å²) >= 11 is 1.37. The highest BCUT2D eigenvalue weighted by atomic mass is 32.1. The lowest BCUT2D eigenvalue weighted by atomic mass is 10.2. The van der Waals surface area contributed by atoms with Gasteiger partial charge in [0.2, 0.25) is 11.0 Å². The average Bonchev–Trinajstić information content (AvgIpc) is 2.94. The van der Waals surface area contributed by atoms with Crippen LogP contribution in [-0.2, 0) is 16.0 Å². The van der Waals surface area contributed by atoms with E-state index >= 15 is 0 Å². The van der Waals surface area contributed by atoms with Crippen molar-refractivity contribution >= 4 is 28.5 Å². The van der Waals surface area contributed by atoms with Gasteiger partial charge in [0.25, 0.3) is 0 Å². The minimum Gasteiger partial charge on any atom is -0.381 e. The molecule has 0 spiro atoms. The van der Waals surface area contributed by atoms with E-state index in [1.807, 2.05) is 37.3 Å². The van der Waals surface area contributed by atoms with Crippen molar-refractivity contribution in [3.63, 3.8) is 0 Å². The van der Waals surface area contributed by atoms with E-state index in [1.54, 1.807) is 6.08 Å². The number of aromatic nitrogens is 2. The first-order valence-electron chi connectivity index (χ1n) is 6.72. The third kappa shape index (κ3) is 5.45. The van der Waals surface area contributed by atoms with Crippen molar-refractivity contribution in [1.29, 1.82) is 0 Å². The highest BCUT2D eigenvalue weighted by Crippen LogP contribution is 2.15. The number of nitrogens with zero attached hydrogens (tertiary/aromatic N) is 2. The lowest BCUT2D eigenvalue weighted by Gasteiger charge is -1.96. The van der Waals surface area contributed by atoms with Crippen LogP contribution in [0.3, 0.4) is 0 Å². The Labute approximate surface area is 127 Å². The molecule has 0 aliphatic rings. The van der Waals surface area contributed by atoms with Crippen molar-refractivity contribution in [3.05, 3.63) is 47.0 Å². The van der Waals surface area contributed by atoms with Gasteiger partial charge in [-0.2, -0.15) is 0 Å². The number of hydrogen-bond donors (Lipinski definition) is 1. The SMILES string of the molecule is CCOCCc1nnc(NC(=O)/C=C\c2ccccc2)s1. The second-order valence-corrected chi connectivity index (χ2v) is 5.24. The second-order valence-electron chi connectivity index (χ2n) is 4.18. The third-order valence-electron chi connectivity index (χ3n) is 2.59. The number of rotatable bonds is 7. The molecule has 1 N–H and O–H groups in total. The molecule has 1 heterocycles. The van der Waals surface area contributed by atoms with Gasteiger partial charge in [-0.05, 0) is 18.6 Å². The summed E-state index contributed by atoms with van der Waals surface area (Å²) in [6.07, 6.45) is 3.95. The van der Waals surface area contributed by atoms with Crippen LogP contribution in [0.4, 0.5) is 5.13 Å². The zero-order valence-corrected chi connectivity index (χ0v) is 12.6. The van der Waals surface area contributed by atoms with Crippen LogP contribution >= 0.6 is 11.3 Å². The molecule has 0 saturated heterocycles. The van der Waals surface area contributed by atoms with Crippen molar-refractivity contribution in [2.24, 2.45) is 0 Å². The maximum atomic E-state index is 11.8. The molecule has 2 rings (SSSR count). The summed E-state index contributed by atoms with van der Waals surface area (Å²) in [7, 11) is 0. The van der Waals surface area contributed by atoms with Gasteiger partial charge < -0.3 is 4.74 Å². The van der Waals surface area contributed by atoms with Crippen molar-refractivity contribution < 1.29 is 9.53 Å². The first-order valence-corrected chi connectivity index (χ1v) is 7.54. The Morgan fingerprint density at radius 2 is 2.14 bits per heavy atom. The molecule has 1 aromatic heterocycles. The Balaban J connectivity index is 1.84. The Kier molecular flexibility index (Phi) is 6.05. The van der Waals surface area contributed by atoms with Gasteiger partial charge in [-0.15, -0.1) is 10.2 Å². The van der Waals surface area contributed by atoms with E-state index in [4.69, 9.17) is 4.74 Å². The molecule has 0 fully saturated rings. The van der Waals surface area contributed by atoms with Crippen LogP contribution in [0.25, 0.3) is 6.08 Å². The standard InChI is InChI=1S/C15H17N3O2S/c1-2-20-11-10-14-17-18-15(21-14)16-13(19)9-8-12-6-4-3-5-7-12/h3-9H,2,10-11H2,1H3,(H,16,18,19)/b9-8-. The first kappa shape index (κ1) is 15.3. The Morgan fingerprint density at radius 1 is 1.33 bits per heavy atom. The van der Waals surface area contributed by atoms with Crippen molar-refractivity contribution in [3.8, 4) is 0 Å². The Bertz CT molecular complexity index is 596. The summed E-state index contributed by atoms with van der Waals surface area (Å²) in [5.41, 5.74) is 0.974. The summed E-state index contributed by atoms with van der Waals surface area (Å²) < 4.78 is 5.26. The van der Waals surface area contributed by atoms with Crippen LogP contribution in [0.2, 0.25) is 0 Å². The third-order valence-corrected chi connectivity index (χ3v) is 3.49. The van der Waals surface area contributed by atoms with Crippen LogP contribution in [0, 0.1) is 0 Å². The highest BCUT2D eigenvalue weighted by Gasteiger charge is 2.06. The van der Waals surface area contributed by atoms with Gasteiger partial charge in [-0.1, -0.05) is 41.7 Å². The van der Waals surface area contributed by atoms with E-state index in [9.17, 15) is 4.79 Å². The van der Waals surface area contributed by atoms with E-state index in [0.717, 1.165) is 10.6 Å². The van der Waals surface area contributed by atoms with Gasteiger partial charge >= 0.3 is 0 Å². The first-order chi connectivity index (χ1) is 10.3. The monoisotopic (exact) mass is 303 g/mol. The number of anilines is 1. The number of hydrogen-bond acceptors (Lipinski definition) is 5. The maximum absolute atomic E-state index is 11.8. The summed E-state index contributed by atoms with van der Waals surface area (Å²) in [5.74, 6) is -0.216. The molecular formula is C15H17N3O2S. The molecule has 110 valence electrons. The molecule has 0 atom stereocenters. The molecule has 0 unspecified atom stereocenters. The van der Waals surface area contributed by atoms with Crippen LogP contribution in [0.15, 0.2) is 36.4 Å². The topological polar surface area (TPSA) is 64.1 Å².